The molecule has 24 heavy (non-hydrogen) atoms. The van der Waals surface area contributed by atoms with Gasteiger partial charge in [0, 0.05) is 45.0 Å². The van der Waals surface area contributed by atoms with Crippen molar-refractivity contribution in [1.29, 1.82) is 0 Å². The van der Waals surface area contributed by atoms with Crippen LogP contribution in [0.5, 0.6) is 5.75 Å². The molecule has 0 spiro atoms. The van der Waals surface area contributed by atoms with Crippen LogP contribution in [0.25, 0.3) is 0 Å². The van der Waals surface area contributed by atoms with Crippen molar-refractivity contribution >= 4 is 29.9 Å². The quantitative estimate of drug-likeness (QED) is 0.427. The van der Waals surface area contributed by atoms with Crippen LogP contribution in [0.3, 0.4) is 0 Å². The summed E-state index contributed by atoms with van der Waals surface area (Å²) in [4.78, 5) is 4.30. The minimum atomic E-state index is 0. The number of hydrogen-bond acceptors (Lipinski definition) is 2. The van der Waals surface area contributed by atoms with Crippen LogP contribution in [-0.4, -0.2) is 37.3 Å². The summed E-state index contributed by atoms with van der Waals surface area (Å²) >= 11 is 0. The number of ether oxygens (including phenoxy) is 1. The summed E-state index contributed by atoms with van der Waals surface area (Å²) in [6, 6.07) is 12.4. The van der Waals surface area contributed by atoms with Crippen molar-refractivity contribution in [2.45, 2.75) is 18.9 Å². The summed E-state index contributed by atoms with van der Waals surface area (Å²) in [5, 5.41) is 6.79. The van der Waals surface area contributed by atoms with Gasteiger partial charge in [-0.05, 0) is 30.2 Å². The zero-order chi connectivity index (χ0) is 15.9. The number of para-hydroxylation sites is 1. The van der Waals surface area contributed by atoms with Gasteiger partial charge in [0.1, 0.15) is 5.75 Å². The molecule has 1 aliphatic heterocycles. The third-order valence-corrected chi connectivity index (χ3v) is 4.15. The molecule has 0 bridgehead atoms. The van der Waals surface area contributed by atoms with E-state index < -0.39 is 0 Å². The van der Waals surface area contributed by atoms with Gasteiger partial charge in [0.05, 0.1) is 6.61 Å². The van der Waals surface area contributed by atoms with E-state index in [1.807, 2.05) is 31.3 Å². The van der Waals surface area contributed by atoms with E-state index in [1.165, 1.54) is 5.56 Å². The number of aliphatic imine (C=N–C) groups is 1. The number of halogens is 1. The summed E-state index contributed by atoms with van der Waals surface area (Å²) in [6.07, 6.45) is 5.16. The molecule has 0 aliphatic carbocycles. The number of benzene rings is 1. The first kappa shape index (κ1) is 18.6. The van der Waals surface area contributed by atoms with Crippen LogP contribution in [0.2, 0.25) is 0 Å². The molecule has 3 rings (SSSR count). The van der Waals surface area contributed by atoms with Crippen molar-refractivity contribution in [3.8, 4) is 5.75 Å². The van der Waals surface area contributed by atoms with Crippen molar-refractivity contribution in [3.63, 3.8) is 0 Å². The Bertz CT molecular complexity index is 642. The van der Waals surface area contributed by atoms with Crippen molar-refractivity contribution in [1.82, 2.24) is 15.2 Å². The Morgan fingerprint density at radius 3 is 2.79 bits per heavy atom. The highest BCUT2D eigenvalue weighted by atomic mass is 127. The fourth-order valence-corrected chi connectivity index (χ4v) is 2.89. The smallest absolute Gasteiger partial charge is 0.191 e. The fourth-order valence-electron chi connectivity index (χ4n) is 2.89. The van der Waals surface area contributed by atoms with Gasteiger partial charge >= 0.3 is 0 Å². The Kier molecular flexibility index (Phi) is 7.42. The van der Waals surface area contributed by atoms with Crippen molar-refractivity contribution in [2.75, 3.05) is 26.7 Å². The molecule has 0 saturated heterocycles. The Morgan fingerprint density at radius 1 is 1.21 bits per heavy atom. The van der Waals surface area contributed by atoms with E-state index in [1.54, 1.807) is 0 Å². The molecule has 6 heteroatoms. The second-order valence-corrected chi connectivity index (χ2v) is 5.67. The minimum absolute atomic E-state index is 0. The molecule has 0 amide bonds. The lowest BCUT2D eigenvalue weighted by Crippen LogP contribution is -2.41. The topological polar surface area (TPSA) is 50.6 Å². The largest absolute Gasteiger partial charge is 0.493 e. The predicted molar refractivity (Wildman–Crippen MR) is 109 cm³/mol. The highest BCUT2D eigenvalue weighted by molar-refractivity contribution is 14.0. The standard InChI is InChI=1S/C18H24N4O.HI/c1-19-18(20-9-12-22-10-4-5-11-22)21-14-15-8-13-23-17-7-3-2-6-16(15)17;/h2-7,10-11,15H,8-9,12-14H2,1H3,(H2,19,20,21);1H. The molecule has 0 radical (unpaired) electrons. The number of aromatic nitrogens is 1. The highest BCUT2D eigenvalue weighted by Gasteiger charge is 2.20. The van der Waals surface area contributed by atoms with Gasteiger partial charge in [-0.25, -0.2) is 0 Å². The predicted octanol–water partition coefficient (Wildman–Crippen LogP) is 2.84. The number of rotatable bonds is 5. The second kappa shape index (κ2) is 9.56. The maximum Gasteiger partial charge on any atom is 0.191 e. The van der Waals surface area contributed by atoms with E-state index in [9.17, 15) is 0 Å². The number of nitrogens with zero attached hydrogens (tertiary/aromatic N) is 2. The van der Waals surface area contributed by atoms with Crippen LogP contribution < -0.4 is 15.4 Å². The summed E-state index contributed by atoms with van der Waals surface area (Å²) in [6.45, 7) is 3.42. The van der Waals surface area contributed by atoms with Crippen LogP contribution in [0.1, 0.15) is 17.9 Å². The number of hydrogen-bond donors (Lipinski definition) is 2. The van der Waals surface area contributed by atoms with Crippen molar-refractivity contribution in [2.24, 2.45) is 4.99 Å². The lowest BCUT2D eigenvalue weighted by Gasteiger charge is -2.26. The zero-order valence-electron chi connectivity index (χ0n) is 13.9. The summed E-state index contributed by atoms with van der Waals surface area (Å²) in [7, 11) is 1.81. The van der Waals surface area contributed by atoms with Gasteiger partial charge in [-0.15, -0.1) is 24.0 Å². The van der Waals surface area contributed by atoms with E-state index in [2.05, 4.69) is 44.7 Å². The van der Waals surface area contributed by atoms with Gasteiger partial charge in [0.25, 0.3) is 0 Å². The number of fused-ring (bicyclic) bond motifs is 1. The molecular weight excluding hydrogens is 415 g/mol. The molecule has 1 aliphatic rings. The van der Waals surface area contributed by atoms with Gasteiger partial charge in [0.2, 0.25) is 0 Å². The number of nitrogens with one attached hydrogen (secondary N) is 2. The first-order valence-electron chi connectivity index (χ1n) is 8.14. The van der Waals surface area contributed by atoms with E-state index >= 15 is 0 Å². The molecule has 1 atom stereocenters. The lowest BCUT2D eigenvalue weighted by molar-refractivity contribution is 0.267. The molecule has 1 aromatic heterocycles. The van der Waals surface area contributed by atoms with Crippen molar-refractivity contribution in [3.05, 3.63) is 54.4 Å². The Labute approximate surface area is 160 Å². The fraction of sp³-hybridized carbons (Fsp3) is 0.389. The molecule has 5 nitrogen and oxygen atoms in total. The Morgan fingerprint density at radius 2 is 2.00 bits per heavy atom. The van der Waals surface area contributed by atoms with Crippen LogP contribution >= 0.6 is 24.0 Å². The van der Waals surface area contributed by atoms with Crippen LogP contribution in [0.4, 0.5) is 0 Å². The first-order valence-corrected chi connectivity index (χ1v) is 8.14. The van der Waals surface area contributed by atoms with E-state index in [0.717, 1.165) is 44.4 Å². The average molecular weight is 440 g/mol. The Hall–Kier alpha value is -1.70. The van der Waals surface area contributed by atoms with Gasteiger partial charge in [0.15, 0.2) is 5.96 Å². The van der Waals surface area contributed by atoms with Crippen LogP contribution in [0, 0.1) is 0 Å². The average Bonchev–Trinajstić information content (AvgIpc) is 3.11. The van der Waals surface area contributed by atoms with Gasteiger partial charge in [-0.2, -0.15) is 0 Å². The molecule has 2 aromatic rings. The molecule has 1 unspecified atom stereocenters. The molecule has 130 valence electrons. The zero-order valence-corrected chi connectivity index (χ0v) is 16.3. The van der Waals surface area contributed by atoms with Crippen LogP contribution in [0.15, 0.2) is 53.8 Å². The maximum absolute atomic E-state index is 5.72. The molecule has 0 saturated carbocycles. The summed E-state index contributed by atoms with van der Waals surface area (Å²) in [5.41, 5.74) is 1.29. The molecule has 0 fully saturated rings. The lowest BCUT2D eigenvalue weighted by atomic mass is 9.93. The summed E-state index contributed by atoms with van der Waals surface area (Å²) in [5.74, 6) is 2.32. The maximum atomic E-state index is 5.72. The number of guanidine groups is 1. The third kappa shape index (κ3) is 4.90. The van der Waals surface area contributed by atoms with Gasteiger partial charge < -0.3 is 19.9 Å². The monoisotopic (exact) mass is 440 g/mol. The third-order valence-electron chi connectivity index (χ3n) is 4.15. The molecule has 2 heterocycles. The van der Waals surface area contributed by atoms with E-state index in [-0.39, 0.29) is 24.0 Å². The van der Waals surface area contributed by atoms with Gasteiger partial charge in [-0.3, -0.25) is 4.99 Å². The van der Waals surface area contributed by atoms with Crippen LogP contribution in [-0.2, 0) is 6.54 Å². The van der Waals surface area contributed by atoms with Crippen molar-refractivity contribution < 1.29 is 4.74 Å². The molecule has 1 aromatic carbocycles. The molecule has 2 N–H and O–H groups in total. The van der Waals surface area contributed by atoms with Gasteiger partial charge in [-0.1, -0.05) is 18.2 Å². The van der Waals surface area contributed by atoms with E-state index in [4.69, 9.17) is 4.74 Å². The Balaban J connectivity index is 0.00000208. The van der Waals surface area contributed by atoms with E-state index in [0.29, 0.717) is 5.92 Å². The first-order chi connectivity index (χ1) is 11.4. The summed E-state index contributed by atoms with van der Waals surface area (Å²) < 4.78 is 7.86. The highest BCUT2D eigenvalue weighted by Crippen LogP contribution is 2.32. The minimum Gasteiger partial charge on any atom is -0.493 e. The second-order valence-electron chi connectivity index (χ2n) is 5.67. The SMILES string of the molecule is CN=C(NCCn1cccc1)NCC1CCOc2ccccc21.I. The normalized spacial score (nSPS) is 16.5. The molecular formula is C18H25IN4O.